The minimum Gasteiger partial charge on any atom is -0.492 e. The summed E-state index contributed by atoms with van der Waals surface area (Å²) in [5, 5.41) is 9.48. The van der Waals surface area contributed by atoms with Crippen LogP contribution >= 0.6 is 0 Å². The summed E-state index contributed by atoms with van der Waals surface area (Å²) in [6, 6.07) is 3.87. The van der Waals surface area contributed by atoms with E-state index in [2.05, 4.69) is 0 Å². The molecule has 1 aromatic rings. The predicted octanol–water partition coefficient (Wildman–Crippen LogP) is 1.38. The average molecular weight is 241 g/mol. The molecule has 3 N–H and O–H groups in total. The van der Waals surface area contributed by atoms with Crippen LogP contribution in [-0.2, 0) is 4.79 Å². The summed E-state index contributed by atoms with van der Waals surface area (Å²) in [5.74, 6) is -1.19. The maximum absolute atomic E-state index is 13.0. The summed E-state index contributed by atoms with van der Waals surface area (Å²) >= 11 is 0. The molecule has 94 valence electrons. The zero-order valence-corrected chi connectivity index (χ0v) is 9.81. The number of aliphatic hydroxyl groups excluding tert-OH is 1. The first-order valence-electron chi connectivity index (χ1n) is 5.31. The number of ether oxygens (including phenoxy) is 1. The Bertz CT molecular complexity index is 407. The number of hydrogen-bond acceptors (Lipinski definition) is 3. The molecule has 4 nitrogen and oxygen atoms in total. The number of primary amides is 1. The van der Waals surface area contributed by atoms with Crippen molar-refractivity contribution >= 4 is 5.91 Å². The maximum atomic E-state index is 13.0. The van der Waals surface area contributed by atoms with Gasteiger partial charge in [-0.05, 0) is 19.1 Å². The molecule has 0 radical (unpaired) electrons. The van der Waals surface area contributed by atoms with Gasteiger partial charge in [-0.25, -0.2) is 4.39 Å². The van der Waals surface area contributed by atoms with Crippen molar-refractivity contribution in [3.8, 4) is 5.75 Å². The van der Waals surface area contributed by atoms with E-state index in [1.165, 1.54) is 18.2 Å². The van der Waals surface area contributed by atoms with E-state index in [4.69, 9.17) is 10.5 Å². The average Bonchev–Trinajstić information content (AvgIpc) is 2.25. The van der Waals surface area contributed by atoms with Crippen molar-refractivity contribution < 1.29 is 19.0 Å². The minimum atomic E-state index is -0.769. The highest BCUT2D eigenvalue weighted by Crippen LogP contribution is 2.26. The van der Waals surface area contributed by atoms with Gasteiger partial charge in [-0.3, -0.25) is 4.79 Å². The highest BCUT2D eigenvalue weighted by molar-refractivity contribution is 5.76. The molecule has 17 heavy (non-hydrogen) atoms. The number of rotatable bonds is 5. The van der Waals surface area contributed by atoms with E-state index in [9.17, 15) is 14.3 Å². The number of benzene rings is 1. The van der Waals surface area contributed by atoms with Gasteiger partial charge in [0.15, 0.2) is 0 Å². The molecule has 1 rings (SSSR count). The zero-order chi connectivity index (χ0) is 13.0. The second-order valence-electron chi connectivity index (χ2n) is 3.97. The lowest BCUT2D eigenvalue weighted by atomic mass is 10.1. The first-order chi connectivity index (χ1) is 7.91. The van der Waals surface area contributed by atoms with Crippen molar-refractivity contribution in [2.45, 2.75) is 20.0 Å². The lowest BCUT2D eigenvalue weighted by Gasteiger charge is -2.15. The van der Waals surface area contributed by atoms with Gasteiger partial charge in [0, 0.05) is 11.6 Å². The van der Waals surface area contributed by atoms with Gasteiger partial charge in [-0.1, -0.05) is 6.92 Å². The van der Waals surface area contributed by atoms with Gasteiger partial charge in [0.25, 0.3) is 0 Å². The van der Waals surface area contributed by atoms with Gasteiger partial charge in [-0.2, -0.15) is 0 Å². The molecule has 0 saturated carbocycles. The van der Waals surface area contributed by atoms with Crippen LogP contribution in [0.2, 0.25) is 0 Å². The monoisotopic (exact) mass is 241 g/mol. The summed E-state index contributed by atoms with van der Waals surface area (Å²) in [6.45, 7) is 3.22. The number of nitrogens with two attached hydrogens (primary N) is 1. The Kier molecular flexibility index (Phi) is 4.45. The molecule has 0 spiro atoms. The van der Waals surface area contributed by atoms with Crippen LogP contribution in [0.4, 0.5) is 4.39 Å². The quantitative estimate of drug-likeness (QED) is 0.818. The molecule has 0 aromatic heterocycles. The first kappa shape index (κ1) is 13.4. The van der Waals surface area contributed by atoms with Gasteiger partial charge >= 0.3 is 0 Å². The molecule has 5 heteroatoms. The van der Waals surface area contributed by atoms with Gasteiger partial charge in [0.2, 0.25) is 5.91 Å². The van der Waals surface area contributed by atoms with E-state index in [1.807, 2.05) is 0 Å². The number of hydrogen-bond donors (Lipinski definition) is 2. The smallest absolute Gasteiger partial charge is 0.223 e. The van der Waals surface area contributed by atoms with Gasteiger partial charge in [-0.15, -0.1) is 0 Å². The summed E-state index contributed by atoms with van der Waals surface area (Å²) in [5.41, 5.74) is 5.56. The Hall–Kier alpha value is -1.62. The van der Waals surface area contributed by atoms with Crippen molar-refractivity contribution in [2.24, 2.45) is 11.7 Å². The summed E-state index contributed by atoms with van der Waals surface area (Å²) < 4.78 is 18.3. The number of carbonyl (C=O) groups excluding carboxylic acids is 1. The Morgan fingerprint density at radius 1 is 1.53 bits per heavy atom. The zero-order valence-electron chi connectivity index (χ0n) is 9.81. The molecule has 0 bridgehead atoms. The molecule has 0 saturated heterocycles. The van der Waals surface area contributed by atoms with Crippen LogP contribution in [0.1, 0.15) is 25.5 Å². The lowest BCUT2D eigenvalue weighted by Crippen LogP contribution is -2.26. The van der Waals surface area contributed by atoms with Crippen molar-refractivity contribution in [3.63, 3.8) is 0 Å². The summed E-state index contributed by atoms with van der Waals surface area (Å²) in [6.07, 6.45) is -0.769. The van der Waals surface area contributed by atoms with E-state index in [0.29, 0.717) is 5.56 Å². The molecule has 1 unspecified atom stereocenters. The fourth-order valence-electron chi connectivity index (χ4n) is 1.28. The van der Waals surface area contributed by atoms with Crippen LogP contribution in [0.15, 0.2) is 18.2 Å². The van der Waals surface area contributed by atoms with Crippen LogP contribution in [-0.4, -0.2) is 17.6 Å². The number of halogens is 1. The maximum Gasteiger partial charge on any atom is 0.223 e. The Morgan fingerprint density at radius 2 is 2.18 bits per heavy atom. The van der Waals surface area contributed by atoms with Crippen LogP contribution in [0.3, 0.4) is 0 Å². The van der Waals surface area contributed by atoms with Crippen LogP contribution in [0.5, 0.6) is 5.75 Å². The van der Waals surface area contributed by atoms with Gasteiger partial charge < -0.3 is 15.6 Å². The Balaban J connectivity index is 2.82. The van der Waals surface area contributed by atoms with Crippen molar-refractivity contribution in [1.82, 2.24) is 0 Å². The van der Waals surface area contributed by atoms with E-state index in [0.717, 1.165) is 0 Å². The molecule has 1 aromatic carbocycles. The van der Waals surface area contributed by atoms with E-state index in [-0.39, 0.29) is 12.4 Å². The molecule has 0 fully saturated rings. The first-order valence-corrected chi connectivity index (χ1v) is 5.31. The third-order valence-corrected chi connectivity index (χ3v) is 2.40. The summed E-state index contributed by atoms with van der Waals surface area (Å²) in [7, 11) is 0. The number of carbonyl (C=O) groups is 1. The van der Waals surface area contributed by atoms with E-state index < -0.39 is 23.7 Å². The molecule has 0 aliphatic rings. The molecular weight excluding hydrogens is 225 g/mol. The molecule has 2 atom stereocenters. The van der Waals surface area contributed by atoms with Crippen molar-refractivity contribution in [3.05, 3.63) is 29.6 Å². The molecule has 0 aliphatic heterocycles. The van der Waals surface area contributed by atoms with Crippen molar-refractivity contribution in [1.29, 1.82) is 0 Å². The van der Waals surface area contributed by atoms with E-state index >= 15 is 0 Å². The predicted molar refractivity (Wildman–Crippen MR) is 60.9 cm³/mol. The fourth-order valence-corrected chi connectivity index (χ4v) is 1.28. The SMILES string of the molecule is CC(COc1cc(F)ccc1[C@@H](C)O)C(N)=O. The fraction of sp³-hybridized carbons (Fsp3) is 0.417. The topological polar surface area (TPSA) is 72.6 Å². The number of aliphatic hydroxyl groups is 1. The molecular formula is C12H16FNO3. The Morgan fingerprint density at radius 3 is 2.71 bits per heavy atom. The van der Waals surface area contributed by atoms with Crippen molar-refractivity contribution in [2.75, 3.05) is 6.61 Å². The largest absolute Gasteiger partial charge is 0.492 e. The normalized spacial score (nSPS) is 14.1. The highest BCUT2D eigenvalue weighted by atomic mass is 19.1. The highest BCUT2D eigenvalue weighted by Gasteiger charge is 2.14. The minimum absolute atomic E-state index is 0.0541. The standard InChI is InChI=1S/C12H16FNO3/c1-7(12(14)16)6-17-11-5-9(13)3-4-10(11)8(2)15/h3-5,7-8,15H,6H2,1-2H3,(H2,14,16)/t7?,8-/m1/s1. The second-order valence-corrected chi connectivity index (χ2v) is 3.97. The third kappa shape index (κ3) is 3.71. The number of amides is 1. The van der Waals surface area contributed by atoms with Crippen LogP contribution in [0, 0.1) is 11.7 Å². The summed E-state index contributed by atoms with van der Waals surface area (Å²) in [4.78, 5) is 10.8. The van der Waals surface area contributed by atoms with Crippen LogP contribution < -0.4 is 10.5 Å². The molecule has 1 amide bonds. The second kappa shape index (κ2) is 5.63. The van der Waals surface area contributed by atoms with Crippen LogP contribution in [0.25, 0.3) is 0 Å². The third-order valence-electron chi connectivity index (χ3n) is 2.40. The van der Waals surface area contributed by atoms with E-state index in [1.54, 1.807) is 13.8 Å². The van der Waals surface area contributed by atoms with Gasteiger partial charge in [0.1, 0.15) is 11.6 Å². The lowest BCUT2D eigenvalue weighted by molar-refractivity contribution is -0.122. The Labute approximate surface area is 99.2 Å². The molecule has 0 heterocycles. The molecule has 0 aliphatic carbocycles. The van der Waals surface area contributed by atoms with Gasteiger partial charge in [0.05, 0.1) is 18.6 Å².